The number of hydrogen-bond donors (Lipinski definition) is 1. The molecular weight excluding hydrogens is 410 g/mol. The van der Waals surface area contributed by atoms with Crippen LogP contribution in [0, 0.1) is 10.1 Å². The minimum atomic E-state index is -4.03. The number of carbonyl (C=O) groups excluding carboxylic acids is 2. The highest BCUT2D eigenvalue weighted by Crippen LogP contribution is 2.28. The molecule has 2 aromatic rings. The van der Waals surface area contributed by atoms with Crippen molar-refractivity contribution in [2.24, 2.45) is 0 Å². The van der Waals surface area contributed by atoms with Crippen molar-refractivity contribution in [2.75, 3.05) is 11.9 Å². The zero-order chi connectivity index (χ0) is 21.9. The highest BCUT2D eigenvalue weighted by atomic mass is 32.2. The number of nitro benzene ring substituents is 1. The summed E-state index contributed by atoms with van der Waals surface area (Å²) in [6.45, 7) is 1.54. The number of carbonyl (C=O) groups is 2. The number of benzene rings is 2. The summed E-state index contributed by atoms with van der Waals surface area (Å²) in [6, 6.07) is 10.2. The molecule has 2 aromatic carbocycles. The minimum Gasteiger partial charge on any atom is -0.324 e. The van der Waals surface area contributed by atoms with Gasteiger partial charge in [-0.2, -0.15) is 4.31 Å². The molecule has 1 aliphatic rings. The molecule has 10 heteroatoms. The van der Waals surface area contributed by atoms with Crippen molar-refractivity contribution in [3.8, 4) is 0 Å². The van der Waals surface area contributed by atoms with E-state index in [1.807, 2.05) is 0 Å². The van der Waals surface area contributed by atoms with E-state index in [2.05, 4.69) is 5.32 Å². The number of sulfonamides is 1. The SMILES string of the molecule is CC(=O)c1ccccc1NC(=O)[C@H]1CCCCN1S(=O)(=O)c1ccc([N+](=O)[O-])cc1. The molecule has 1 amide bonds. The smallest absolute Gasteiger partial charge is 0.269 e. The van der Waals surface area contributed by atoms with Crippen LogP contribution in [-0.4, -0.2) is 41.9 Å². The number of anilines is 1. The first kappa shape index (κ1) is 21.6. The zero-order valence-electron chi connectivity index (χ0n) is 16.3. The summed E-state index contributed by atoms with van der Waals surface area (Å²) in [4.78, 5) is 34.9. The largest absolute Gasteiger partial charge is 0.324 e. The highest BCUT2D eigenvalue weighted by molar-refractivity contribution is 7.89. The van der Waals surface area contributed by atoms with E-state index in [4.69, 9.17) is 0 Å². The number of rotatable bonds is 6. The first-order valence-corrected chi connectivity index (χ1v) is 10.8. The number of nitrogens with one attached hydrogen (secondary N) is 1. The Bertz CT molecular complexity index is 1080. The molecule has 1 aliphatic heterocycles. The summed E-state index contributed by atoms with van der Waals surface area (Å²) in [7, 11) is -4.03. The number of nitrogens with zero attached hydrogens (tertiary/aromatic N) is 2. The normalized spacial score (nSPS) is 17.3. The van der Waals surface area contributed by atoms with Crippen LogP contribution in [0.1, 0.15) is 36.5 Å². The maximum Gasteiger partial charge on any atom is 0.269 e. The van der Waals surface area contributed by atoms with Crippen molar-refractivity contribution in [1.29, 1.82) is 0 Å². The molecule has 0 aliphatic carbocycles. The number of non-ortho nitro benzene ring substituents is 1. The molecule has 0 radical (unpaired) electrons. The molecule has 0 bridgehead atoms. The van der Waals surface area contributed by atoms with Gasteiger partial charge in [0.2, 0.25) is 15.9 Å². The Morgan fingerprint density at radius 1 is 1.10 bits per heavy atom. The average Bonchev–Trinajstić information content (AvgIpc) is 2.74. The fourth-order valence-corrected chi connectivity index (χ4v) is 5.10. The molecule has 0 spiro atoms. The standard InChI is InChI=1S/C20H21N3O6S/c1-14(24)17-6-2-3-7-18(17)21-20(25)19-8-4-5-13-22(19)30(28,29)16-11-9-15(10-12-16)23(26)27/h2-3,6-7,9-12,19H,4-5,8,13H2,1H3,(H,21,25)/t19-/m1/s1. The predicted octanol–water partition coefficient (Wildman–Crippen LogP) is 2.98. The summed E-state index contributed by atoms with van der Waals surface area (Å²) in [5.41, 5.74) is 0.447. The minimum absolute atomic E-state index is 0.114. The summed E-state index contributed by atoms with van der Waals surface area (Å²) >= 11 is 0. The molecule has 0 saturated carbocycles. The Hall–Kier alpha value is -3.11. The molecule has 0 aromatic heterocycles. The molecule has 9 nitrogen and oxygen atoms in total. The molecule has 1 atom stereocenters. The molecular formula is C20H21N3O6S. The van der Waals surface area contributed by atoms with Crippen LogP contribution in [0.3, 0.4) is 0 Å². The number of amides is 1. The lowest BCUT2D eigenvalue weighted by Crippen LogP contribution is -2.49. The molecule has 1 fully saturated rings. The molecule has 1 saturated heterocycles. The monoisotopic (exact) mass is 431 g/mol. The number of Topliss-reactive ketones (excluding diaryl/α,β-unsaturated/α-hetero) is 1. The maximum absolute atomic E-state index is 13.1. The van der Waals surface area contributed by atoms with Crippen LogP contribution < -0.4 is 5.32 Å². The lowest BCUT2D eigenvalue weighted by atomic mass is 10.0. The molecule has 30 heavy (non-hydrogen) atoms. The first-order chi connectivity index (χ1) is 14.2. The number of hydrogen-bond acceptors (Lipinski definition) is 6. The number of nitro groups is 1. The van der Waals surface area contributed by atoms with E-state index >= 15 is 0 Å². The molecule has 0 unspecified atom stereocenters. The fourth-order valence-electron chi connectivity index (χ4n) is 3.45. The molecule has 158 valence electrons. The van der Waals surface area contributed by atoms with Crippen molar-refractivity contribution in [3.05, 3.63) is 64.2 Å². The van der Waals surface area contributed by atoms with Gasteiger partial charge in [0.15, 0.2) is 5.78 Å². The zero-order valence-corrected chi connectivity index (χ0v) is 17.1. The second kappa shape index (κ2) is 8.72. The van der Waals surface area contributed by atoms with Crippen LogP contribution in [0.4, 0.5) is 11.4 Å². The van der Waals surface area contributed by atoms with Gasteiger partial charge in [-0.3, -0.25) is 19.7 Å². The lowest BCUT2D eigenvalue weighted by Gasteiger charge is -2.33. The van der Waals surface area contributed by atoms with Crippen LogP contribution in [0.2, 0.25) is 0 Å². The number of piperidine rings is 1. The maximum atomic E-state index is 13.1. The third-order valence-corrected chi connectivity index (χ3v) is 6.90. The van der Waals surface area contributed by atoms with Gasteiger partial charge in [0.25, 0.3) is 5.69 Å². The van der Waals surface area contributed by atoms with Gasteiger partial charge in [-0.15, -0.1) is 0 Å². The van der Waals surface area contributed by atoms with E-state index in [0.717, 1.165) is 16.4 Å². The Morgan fingerprint density at radius 2 is 1.77 bits per heavy atom. The van der Waals surface area contributed by atoms with E-state index < -0.39 is 26.9 Å². The van der Waals surface area contributed by atoms with Gasteiger partial charge < -0.3 is 5.32 Å². The van der Waals surface area contributed by atoms with E-state index in [1.54, 1.807) is 24.3 Å². The van der Waals surface area contributed by atoms with Gasteiger partial charge in [0.05, 0.1) is 15.5 Å². The quantitative estimate of drug-likeness (QED) is 0.426. The van der Waals surface area contributed by atoms with Gasteiger partial charge in [0.1, 0.15) is 6.04 Å². The molecule has 1 N–H and O–H groups in total. The van der Waals surface area contributed by atoms with E-state index in [-0.39, 0.29) is 22.9 Å². The Labute approximate surface area is 173 Å². The first-order valence-electron chi connectivity index (χ1n) is 9.39. The van der Waals surface area contributed by atoms with Crippen LogP contribution in [0.15, 0.2) is 53.4 Å². The van der Waals surface area contributed by atoms with Gasteiger partial charge in [-0.25, -0.2) is 8.42 Å². The van der Waals surface area contributed by atoms with Crippen molar-refractivity contribution in [2.45, 2.75) is 37.1 Å². The van der Waals surface area contributed by atoms with Gasteiger partial charge in [-0.05, 0) is 44.0 Å². The van der Waals surface area contributed by atoms with Crippen LogP contribution in [0.25, 0.3) is 0 Å². The van der Waals surface area contributed by atoms with Crippen molar-refractivity contribution in [1.82, 2.24) is 4.31 Å². The van der Waals surface area contributed by atoms with E-state index in [9.17, 15) is 28.1 Å². The van der Waals surface area contributed by atoms with Crippen LogP contribution >= 0.6 is 0 Å². The topological polar surface area (TPSA) is 127 Å². The fraction of sp³-hybridized carbons (Fsp3) is 0.300. The van der Waals surface area contributed by atoms with Gasteiger partial charge in [-0.1, -0.05) is 18.6 Å². The van der Waals surface area contributed by atoms with Crippen LogP contribution in [-0.2, 0) is 14.8 Å². The Balaban J connectivity index is 1.88. The molecule has 1 heterocycles. The van der Waals surface area contributed by atoms with Crippen molar-refractivity contribution < 1.29 is 22.9 Å². The third kappa shape index (κ3) is 4.39. The van der Waals surface area contributed by atoms with Gasteiger partial charge >= 0.3 is 0 Å². The van der Waals surface area contributed by atoms with Crippen molar-refractivity contribution >= 4 is 33.1 Å². The number of ketones is 1. The molecule has 3 rings (SSSR count). The van der Waals surface area contributed by atoms with E-state index in [1.165, 1.54) is 19.1 Å². The van der Waals surface area contributed by atoms with E-state index in [0.29, 0.717) is 30.5 Å². The summed E-state index contributed by atoms with van der Waals surface area (Å²) in [6.07, 6.45) is 1.61. The van der Waals surface area contributed by atoms with Crippen molar-refractivity contribution in [3.63, 3.8) is 0 Å². The van der Waals surface area contributed by atoms with Gasteiger partial charge in [0, 0.05) is 24.2 Å². The highest BCUT2D eigenvalue weighted by Gasteiger charge is 2.38. The Kier molecular flexibility index (Phi) is 6.28. The second-order valence-corrected chi connectivity index (χ2v) is 8.86. The third-order valence-electron chi connectivity index (χ3n) is 4.97. The average molecular weight is 431 g/mol. The second-order valence-electron chi connectivity index (χ2n) is 6.97. The lowest BCUT2D eigenvalue weighted by molar-refractivity contribution is -0.384. The van der Waals surface area contributed by atoms with Crippen LogP contribution in [0.5, 0.6) is 0 Å². The summed E-state index contributed by atoms with van der Waals surface area (Å²) in [5, 5.41) is 13.5. The number of para-hydroxylation sites is 1. The summed E-state index contributed by atoms with van der Waals surface area (Å²) < 4.78 is 27.4. The summed E-state index contributed by atoms with van der Waals surface area (Å²) in [5.74, 6) is -0.737. The Morgan fingerprint density at radius 3 is 2.40 bits per heavy atom. The predicted molar refractivity (Wildman–Crippen MR) is 110 cm³/mol.